The highest BCUT2D eigenvalue weighted by Crippen LogP contribution is 2.30. The molecule has 88 valence electrons. The highest BCUT2D eigenvalue weighted by atomic mass is 32.1. The van der Waals surface area contributed by atoms with E-state index in [2.05, 4.69) is 33.5 Å². The van der Waals surface area contributed by atoms with Crippen LogP contribution in [0.25, 0.3) is 11.3 Å². The van der Waals surface area contributed by atoms with Gasteiger partial charge in [0.2, 0.25) is 0 Å². The van der Waals surface area contributed by atoms with Gasteiger partial charge in [0.05, 0.1) is 5.69 Å². The van der Waals surface area contributed by atoms with E-state index in [9.17, 15) is 0 Å². The summed E-state index contributed by atoms with van der Waals surface area (Å²) in [4.78, 5) is 6.71. The minimum absolute atomic E-state index is 1.07. The predicted octanol–water partition coefficient (Wildman–Crippen LogP) is 3.36. The molecular weight excluding hydrogens is 228 g/mol. The molecule has 0 saturated carbocycles. The molecule has 0 atom stereocenters. The number of aromatic nitrogens is 1. The van der Waals surface area contributed by atoms with Gasteiger partial charge in [-0.15, -0.1) is 11.3 Å². The Balaban J connectivity index is 1.97. The van der Waals surface area contributed by atoms with Gasteiger partial charge in [-0.1, -0.05) is 12.1 Å². The number of hydrogen-bond acceptors (Lipinski definition) is 3. The second kappa shape index (κ2) is 4.15. The van der Waals surface area contributed by atoms with Gasteiger partial charge >= 0.3 is 0 Å². The molecule has 0 amide bonds. The number of rotatable bonds is 2. The smallest absolute Gasteiger partial charge is 0.185 e. The molecule has 0 N–H and O–H groups in total. The number of anilines is 1. The summed E-state index contributed by atoms with van der Waals surface area (Å²) in [5.74, 6) is 0. The number of benzene rings is 1. The van der Waals surface area contributed by atoms with Crippen molar-refractivity contribution in [3.8, 4) is 11.3 Å². The molecule has 0 fully saturated rings. The molecule has 2 aromatic rings. The lowest BCUT2D eigenvalue weighted by molar-refractivity contribution is 0.912. The number of fused-ring (bicyclic) bond motifs is 1. The summed E-state index contributed by atoms with van der Waals surface area (Å²) >= 11 is 1.70. The SMILES string of the molecule is CN(C)c1nc(-c2ccc3c(c2)CCC3)cs1. The molecule has 0 unspecified atom stereocenters. The molecule has 0 bridgehead atoms. The summed E-state index contributed by atoms with van der Waals surface area (Å²) in [6.45, 7) is 0. The fourth-order valence-electron chi connectivity index (χ4n) is 2.33. The fraction of sp³-hybridized carbons (Fsp3) is 0.357. The number of hydrogen-bond donors (Lipinski definition) is 0. The van der Waals surface area contributed by atoms with Crippen LogP contribution in [0.2, 0.25) is 0 Å². The van der Waals surface area contributed by atoms with E-state index in [1.54, 1.807) is 11.3 Å². The number of thiazole rings is 1. The molecule has 0 spiro atoms. The Kier molecular flexibility index (Phi) is 2.63. The van der Waals surface area contributed by atoms with Crippen molar-refractivity contribution in [3.63, 3.8) is 0 Å². The van der Waals surface area contributed by atoms with Crippen LogP contribution in [-0.2, 0) is 12.8 Å². The maximum absolute atomic E-state index is 4.65. The van der Waals surface area contributed by atoms with Crippen LogP contribution in [0.3, 0.4) is 0 Å². The maximum Gasteiger partial charge on any atom is 0.185 e. The van der Waals surface area contributed by atoms with Crippen molar-refractivity contribution in [2.75, 3.05) is 19.0 Å². The van der Waals surface area contributed by atoms with E-state index in [-0.39, 0.29) is 0 Å². The molecule has 17 heavy (non-hydrogen) atoms. The van der Waals surface area contributed by atoms with Crippen LogP contribution < -0.4 is 4.90 Å². The van der Waals surface area contributed by atoms with Gasteiger partial charge in [0, 0.05) is 25.0 Å². The zero-order valence-electron chi connectivity index (χ0n) is 10.2. The molecule has 1 aliphatic rings. The van der Waals surface area contributed by atoms with Gasteiger partial charge in [0.25, 0.3) is 0 Å². The molecule has 1 aromatic heterocycles. The molecule has 3 rings (SSSR count). The number of aryl methyl sites for hydroxylation is 2. The third-order valence-corrected chi connectivity index (χ3v) is 4.28. The van der Waals surface area contributed by atoms with Gasteiger partial charge < -0.3 is 4.90 Å². The quantitative estimate of drug-likeness (QED) is 0.805. The highest BCUT2D eigenvalue weighted by Gasteiger charge is 2.13. The van der Waals surface area contributed by atoms with Crippen LogP contribution in [-0.4, -0.2) is 19.1 Å². The minimum Gasteiger partial charge on any atom is -0.354 e. The largest absolute Gasteiger partial charge is 0.354 e. The van der Waals surface area contributed by atoms with Crippen LogP contribution in [0.1, 0.15) is 17.5 Å². The zero-order chi connectivity index (χ0) is 11.8. The third kappa shape index (κ3) is 1.95. The van der Waals surface area contributed by atoms with E-state index in [1.807, 2.05) is 14.1 Å². The molecule has 2 nitrogen and oxygen atoms in total. The minimum atomic E-state index is 1.07. The Labute approximate surface area is 106 Å². The molecule has 0 aliphatic heterocycles. The molecule has 1 aromatic carbocycles. The molecular formula is C14H16N2S. The van der Waals surface area contributed by atoms with Gasteiger partial charge in [0.1, 0.15) is 0 Å². The van der Waals surface area contributed by atoms with Crippen molar-refractivity contribution in [2.24, 2.45) is 0 Å². The van der Waals surface area contributed by atoms with Crippen molar-refractivity contribution in [2.45, 2.75) is 19.3 Å². The Hall–Kier alpha value is -1.35. The Bertz CT molecular complexity index is 543. The second-order valence-electron chi connectivity index (χ2n) is 4.75. The van der Waals surface area contributed by atoms with Gasteiger partial charge in [-0.05, 0) is 36.5 Å². The Morgan fingerprint density at radius 1 is 1.18 bits per heavy atom. The lowest BCUT2D eigenvalue weighted by Crippen LogP contribution is -2.07. The average Bonchev–Trinajstić information content (AvgIpc) is 2.97. The molecule has 0 saturated heterocycles. The lowest BCUT2D eigenvalue weighted by atomic mass is 10.1. The first-order valence-electron chi connectivity index (χ1n) is 5.99. The number of nitrogens with zero attached hydrogens (tertiary/aromatic N) is 2. The summed E-state index contributed by atoms with van der Waals surface area (Å²) < 4.78 is 0. The van der Waals surface area contributed by atoms with Gasteiger partial charge in [-0.2, -0.15) is 0 Å². The summed E-state index contributed by atoms with van der Waals surface area (Å²) in [6, 6.07) is 6.79. The van der Waals surface area contributed by atoms with Gasteiger partial charge in [-0.3, -0.25) is 0 Å². The van der Waals surface area contributed by atoms with Crippen LogP contribution in [0.4, 0.5) is 5.13 Å². The second-order valence-corrected chi connectivity index (χ2v) is 5.58. The van der Waals surface area contributed by atoms with Crippen molar-refractivity contribution >= 4 is 16.5 Å². The van der Waals surface area contributed by atoms with Crippen molar-refractivity contribution in [1.29, 1.82) is 0 Å². The first kappa shape index (κ1) is 10.8. The van der Waals surface area contributed by atoms with Crippen molar-refractivity contribution in [3.05, 3.63) is 34.7 Å². The van der Waals surface area contributed by atoms with E-state index in [1.165, 1.54) is 36.0 Å². The first-order valence-corrected chi connectivity index (χ1v) is 6.87. The molecule has 3 heteroatoms. The molecule has 1 heterocycles. The van der Waals surface area contributed by atoms with E-state index in [4.69, 9.17) is 0 Å². The van der Waals surface area contributed by atoms with Crippen LogP contribution >= 0.6 is 11.3 Å². The molecule has 0 radical (unpaired) electrons. The first-order chi connectivity index (χ1) is 8.24. The predicted molar refractivity (Wildman–Crippen MR) is 73.9 cm³/mol. The standard InChI is InChI=1S/C14H16N2S/c1-16(2)14-15-13(9-17-14)12-7-6-10-4-3-5-11(10)8-12/h6-9H,3-5H2,1-2H3. The highest BCUT2D eigenvalue weighted by molar-refractivity contribution is 7.14. The summed E-state index contributed by atoms with van der Waals surface area (Å²) in [7, 11) is 4.07. The summed E-state index contributed by atoms with van der Waals surface area (Å²) in [6.07, 6.45) is 3.78. The third-order valence-electron chi connectivity index (χ3n) is 3.27. The van der Waals surface area contributed by atoms with Gasteiger partial charge in [0.15, 0.2) is 5.13 Å². The van der Waals surface area contributed by atoms with Crippen LogP contribution in [0.15, 0.2) is 23.6 Å². The van der Waals surface area contributed by atoms with Crippen LogP contribution in [0, 0.1) is 0 Å². The lowest BCUT2D eigenvalue weighted by Gasteiger charge is -2.06. The Morgan fingerprint density at radius 2 is 2.00 bits per heavy atom. The van der Waals surface area contributed by atoms with Gasteiger partial charge in [-0.25, -0.2) is 4.98 Å². The van der Waals surface area contributed by atoms with Crippen LogP contribution in [0.5, 0.6) is 0 Å². The normalized spacial score (nSPS) is 13.8. The van der Waals surface area contributed by atoms with E-state index < -0.39 is 0 Å². The van der Waals surface area contributed by atoms with E-state index in [0.29, 0.717) is 0 Å². The fourth-order valence-corrected chi connectivity index (χ4v) is 3.10. The van der Waals surface area contributed by atoms with E-state index >= 15 is 0 Å². The summed E-state index contributed by atoms with van der Waals surface area (Å²) in [5, 5.41) is 3.21. The van der Waals surface area contributed by atoms with Crippen molar-refractivity contribution < 1.29 is 0 Å². The zero-order valence-corrected chi connectivity index (χ0v) is 11.0. The molecule has 1 aliphatic carbocycles. The average molecular weight is 244 g/mol. The topological polar surface area (TPSA) is 16.1 Å². The Morgan fingerprint density at radius 3 is 2.76 bits per heavy atom. The van der Waals surface area contributed by atoms with Crippen molar-refractivity contribution in [1.82, 2.24) is 4.98 Å². The monoisotopic (exact) mass is 244 g/mol. The van der Waals surface area contributed by atoms with E-state index in [0.717, 1.165) is 10.8 Å². The summed E-state index contributed by atoms with van der Waals surface area (Å²) in [5.41, 5.74) is 5.40. The maximum atomic E-state index is 4.65.